The molecule has 2 aromatic heterocycles. The van der Waals surface area contributed by atoms with Crippen LogP contribution in [0.5, 0.6) is 0 Å². The quantitative estimate of drug-likeness (QED) is 0.799. The molecule has 2 aromatic rings. The number of carboxylic acids is 1. The third-order valence-electron chi connectivity index (χ3n) is 2.46. The number of carbonyl (C=O) groups is 1. The van der Waals surface area contributed by atoms with Gasteiger partial charge in [0.25, 0.3) is 0 Å². The lowest BCUT2D eigenvalue weighted by Crippen LogP contribution is -2.16. The van der Waals surface area contributed by atoms with Gasteiger partial charge in [-0.1, -0.05) is 26.8 Å². The molecule has 2 heterocycles. The van der Waals surface area contributed by atoms with Gasteiger partial charge in [-0.3, -0.25) is 0 Å². The number of rotatable bonds is 1. The molecule has 1 N–H and O–H groups in total. The summed E-state index contributed by atoms with van der Waals surface area (Å²) in [5, 5.41) is 13.6. The van der Waals surface area contributed by atoms with Crippen LogP contribution in [0, 0.1) is 0 Å². The highest BCUT2D eigenvalue weighted by molar-refractivity contribution is 5.97. The molecule has 84 valence electrons. The van der Waals surface area contributed by atoms with Gasteiger partial charge in [0.05, 0.1) is 11.2 Å². The number of aromatic carboxylic acids is 1. The van der Waals surface area contributed by atoms with Crippen molar-refractivity contribution >= 4 is 11.5 Å². The minimum absolute atomic E-state index is 0.278. The first-order valence-electron chi connectivity index (χ1n) is 5.12. The van der Waals surface area contributed by atoms with E-state index in [-0.39, 0.29) is 5.41 Å². The van der Waals surface area contributed by atoms with Crippen LogP contribution in [0.2, 0.25) is 0 Å². The average Bonchev–Trinajstić information content (AvgIpc) is 2.55. The third kappa shape index (κ3) is 1.56. The molecular formula is C12H14N2O2. The Kier molecular flexibility index (Phi) is 2.22. The molecule has 2 rings (SSSR count). The number of hydrogen-bond donors (Lipinski definition) is 1. The molecule has 0 unspecified atom stereocenters. The lowest BCUT2D eigenvalue weighted by atomic mass is 9.89. The monoisotopic (exact) mass is 218 g/mol. The molecule has 0 saturated carbocycles. The summed E-state index contributed by atoms with van der Waals surface area (Å²) in [4.78, 5) is 11.3. The second-order valence-electron chi connectivity index (χ2n) is 4.81. The molecule has 4 nitrogen and oxygen atoms in total. The van der Waals surface area contributed by atoms with Crippen molar-refractivity contribution in [2.24, 2.45) is 0 Å². The van der Waals surface area contributed by atoms with Crippen LogP contribution >= 0.6 is 0 Å². The number of carboxylic acid groups (broad SMARTS) is 1. The molecule has 0 atom stereocenters. The van der Waals surface area contributed by atoms with Crippen molar-refractivity contribution in [3.05, 3.63) is 35.7 Å². The summed E-state index contributed by atoms with van der Waals surface area (Å²) in [6.07, 6.45) is 1.76. The van der Waals surface area contributed by atoms with Crippen LogP contribution in [-0.4, -0.2) is 20.7 Å². The Balaban J connectivity index is 2.84. The van der Waals surface area contributed by atoms with E-state index in [4.69, 9.17) is 0 Å². The summed E-state index contributed by atoms with van der Waals surface area (Å²) in [6.45, 7) is 5.88. The molecule has 0 fully saturated rings. The van der Waals surface area contributed by atoms with Crippen LogP contribution < -0.4 is 0 Å². The van der Waals surface area contributed by atoms with Gasteiger partial charge in [0.15, 0.2) is 0 Å². The van der Waals surface area contributed by atoms with E-state index >= 15 is 0 Å². The summed E-state index contributed by atoms with van der Waals surface area (Å²) in [5.41, 5.74) is 1.28. The number of fused-ring (bicyclic) bond motifs is 1. The predicted molar refractivity (Wildman–Crippen MR) is 60.9 cm³/mol. The van der Waals surface area contributed by atoms with E-state index in [0.29, 0.717) is 16.8 Å². The van der Waals surface area contributed by atoms with Crippen LogP contribution in [0.4, 0.5) is 0 Å². The van der Waals surface area contributed by atoms with Crippen molar-refractivity contribution in [1.29, 1.82) is 0 Å². The van der Waals surface area contributed by atoms with Gasteiger partial charge in [-0.15, -0.1) is 0 Å². The van der Waals surface area contributed by atoms with Crippen molar-refractivity contribution in [1.82, 2.24) is 9.61 Å². The highest BCUT2D eigenvalue weighted by Crippen LogP contribution is 2.27. The minimum atomic E-state index is -0.925. The first-order valence-corrected chi connectivity index (χ1v) is 5.12. The summed E-state index contributed by atoms with van der Waals surface area (Å²) in [6, 6.07) is 5.42. The van der Waals surface area contributed by atoms with E-state index in [0.717, 1.165) is 0 Å². The number of aromatic nitrogens is 2. The average molecular weight is 218 g/mol. The van der Waals surface area contributed by atoms with Gasteiger partial charge in [0.2, 0.25) is 0 Å². The van der Waals surface area contributed by atoms with Gasteiger partial charge in [-0.25, -0.2) is 9.31 Å². The number of pyridine rings is 1. The lowest BCUT2D eigenvalue weighted by Gasteiger charge is -2.15. The van der Waals surface area contributed by atoms with E-state index in [1.54, 1.807) is 16.8 Å². The second-order valence-corrected chi connectivity index (χ2v) is 4.81. The highest BCUT2D eigenvalue weighted by atomic mass is 16.4. The Labute approximate surface area is 93.5 Å². The molecule has 16 heavy (non-hydrogen) atoms. The van der Waals surface area contributed by atoms with E-state index < -0.39 is 5.97 Å². The SMILES string of the molecule is CC(C)(C)c1nn2ccccc2c1C(=O)O. The molecule has 0 aromatic carbocycles. The normalized spacial score (nSPS) is 11.9. The summed E-state index contributed by atoms with van der Waals surface area (Å²) in [7, 11) is 0. The molecule has 0 aliphatic heterocycles. The molecule has 0 spiro atoms. The Bertz CT molecular complexity index is 550. The molecule has 0 aliphatic rings. The van der Waals surface area contributed by atoms with Crippen molar-refractivity contribution in [3.63, 3.8) is 0 Å². The van der Waals surface area contributed by atoms with Crippen molar-refractivity contribution in [2.45, 2.75) is 26.2 Å². The Hall–Kier alpha value is -1.84. The molecular weight excluding hydrogens is 204 g/mol. The molecule has 0 radical (unpaired) electrons. The molecule has 0 bridgehead atoms. The van der Waals surface area contributed by atoms with Gasteiger partial charge in [-0.2, -0.15) is 5.10 Å². The minimum Gasteiger partial charge on any atom is -0.478 e. The molecule has 0 amide bonds. The zero-order valence-corrected chi connectivity index (χ0v) is 9.56. The van der Waals surface area contributed by atoms with E-state index in [1.165, 1.54) is 0 Å². The maximum atomic E-state index is 11.3. The smallest absolute Gasteiger partial charge is 0.339 e. The van der Waals surface area contributed by atoms with E-state index in [2.05, 4.69) is 5.10 Å². The first kappa shape index (κ1) is 10.7. The van der Waals surface area contributed by atoms with Crippen LogP contribution in [0.1, 0.15) is 36.8 Å². The van der Waals surface area contributed by atoms with Crippen LogP contribution in [0.15, 0.2) is 24.4 Å². The van der Waals surface area contributed by atoms with Gasteiger partial charge < -0.3 is 5.11 Å². The standard InChI is InChI=1S/C12H14N2O2/c1-12(2,3)10-9(11(15)16)8-6-4-5-7-14(8)13-10/h4-7H,1-3H3,(H,15,16). The number of nitrogens with zero attached hydrogens (tertiary/aromatic N) is 2. The molecule has 4 heteroatoms. The summed E-state index contributed by atoms with van der Waals surface area (Å²) >= 11 is 0. The van der Waals surface area contributed by atoms with Crippen LogP contribution in [0.25, 0.3) is 5.52 Å². The summed E-state index contributed by atoms with van der Waals surface area (Å²) in [5.74, 6) is -0.925. The fourth-order valence-electron chi connectivity index (χ4n) is 1.73. The Morgan fingerprint density at radius 2 is 2.06 bits per heavy atom. The number of hydrogen-bond acceptors (Lipinski definition) is 2. The fourth-order valence-corrected chi connectivity index (χ4v) is 1.73. The Morgan fingerprint density at radius 1 is 1.38 bits per heavy atom. The van der Waals surface area contributed by atoms with Gasteiger partial charge in [0.1, 0.15) is 5.56 Å². The van der Waals surface area contributed by atoms with Gasteiger partial charge in [-0.05, 0) is 12.1 Å². The van der Waals surface area contributed by atoms with Gasteiger partial charge in [0, 0.05) is 11.6 Å². The van der Waals surface area contributed by atoms with E-state index in [9.17, 15) is 9.90 Å². The fraction of sp³-hybridized carbons (Fsp3) is 0.333. The molecule has 0 aliphatic carbocycles. The second kappa shape index (κ2) is 3.33. The predicted octanol–water partition coefficient (Wildman–Crippen LogP) is 2.33. The van der Waals surface area contributed by atoms with Crippen LogP contribution in [-0.2, 0) is 5.41 Å². The van der Waals surface area contributed by atoms with Crippen LogP contribution in [0.3, 0.4) is 0 Å². The lowest BCUT2D eigenvalue weighted by molar-refractivity contribution is 0.0696. The van der Waals surface area contributed by atoms with E-state index in [1.807, 2.05) is 32.9 Å². The topological polar surface area (TPSA) is 54.6 Å². The largest absolute Gasteiger partial charge is 0.478 e. The highest BCUT2D eigenvalue weighted by Gasteiger charge is 2.27. The maximum absolute atomic E-state index is 11.3. The van der Waals surface area contributed by atoms with Crippen molar-refractivity contribution < 1.29 is 9.90 Å². The van der Waals surface area contributed by atoms with Gasteiger partial charge >= 0.3 is 5.97 Å². The van der Waals surface area contributed by atoms with Crippen molar-refractivity contribution in [3.8, 4) is 0 Å². The van der Waals surface area contributed by atoms with Crippen molar-refractivity contribution in [2.75, 3.05) is 0 Å². The Morgan fingerprint density at radius 3 is 2.62 bits per heavy atom. The first-order chi connectivity index (χ1) is 7.41. The third-order valence-corrected chi connectivity index (χ3v) is 2.46. The summed E-state index contributed by atoms with van der Waals surface area (Å²) < 4.78 is 1.62. The zero-order chi connectivity index (χ0) is 11.9. The zero-order valence-electron chi connectivity index (χ0n) is 9.56. The maximum Gasteiger partial charge on any atom is 0.339 e. The molecule has 0 saturated heterocycles.